The molecule has 3 nitrogen and oxygen atoms in total. The maximum Gasteiger partial charge on any atom is 0.101 e. The van der Waals surface area contributed by atoms with E-state index in [1.54, 1.807) is 6.07 Å². The Hall–Kier alpha value is -2.18. The van der Waals surface area contributed by atoms with E-state index in [4.69, 9.17) is 17.3 Å². The van der Waals surface area contributed by atoms with Crippen LogP contribution in [-0.2, 0) is 6.54 Å². The maximum absolute atomic E-state index is 9.33. The van der Waals surface area contributed by atoms with Gasteiger partial charge >= 0.3 is 0 Å². The number of nitrogens with zero attached hydrogens (tertiary/aromatic N) is 2. The molecule has 0 atom stereocenters. The van der Waals surface area contributed by atoms with Crippen LogP contribution in [0.2, 0.25) is 5.02 Å². The fourth-order valence-corrected chi connectivity index (χ4v) is 2.43. The minimum Gasteiger partial charge on any atom is -0.398 e. The minimum atomic E-state index is 0.234. The summed E-state index contributed by atoms with van der Waals surface area (Å²) in [5.41, 5.74) is 9.28. The molecular formula is C17H18ClN3. The Morgan fingerprint density at radius 1 is 1.24 bits per heavy atom. The number of halogens is 1. The third-order valence-electron chi connectivity index (χ3n) is 3.41. The Bertz CT molecular complexity index is 674. The number of hydrogen-bond donors (Lipinski definition) is 1. The molecule has 2 aromatic carbocycles. The quantitative estimate of drug-likeness (QED) is 0.860. The van der Waals surface area contributed by atoms with Gasteiger partial charge in [0.1, 0.15) is 6.07 Å². The zero-order valence-corrected chi connectivity index (χ0v) is 12.9. The summed E-state index contributed by atoms with van der Waals surface area (Å²) in [6.45, 7) is 4.84. The molecule has 0 aromatic heterocycles. The van der Waals surface area contributed by atoms with E-state index in [2.05, 4.69) is 24.8 Å². The van der Waals surface area contributed by atoms with Crippen LogP contribution >= 0.6 is 11.6 Å². The molecule has 0 bridgehead atoms. The summed E-state index contributed by atoms with van der Waals surface area (Å²) < 4.78 is 0. The van der Waals surface area contributed by atoms with E-state index in [9.17, 15) is 5.26 Å². The molecule has 2 aromatic rings. The first kappa shape index (κ1) is 15.2. The molecule has 0 radical (unpaired) electrons. The largest absolute Gasteiger partial charge is 0.398 e. The Morgan fingerprint density at radius 2 is 1.95 bits per heavy atom. The van der Waals surface area contributed by atoms with Gasteiger partial charge in [-0.1, -0.05) is 29.8 Å². The van der Waals surface area contributed by atoms with Gasteiger partial charge in [-0.25, -0.2) is 0 Å². The molecule has 21 heavy (non-hydrogen) atoms. The van der Waals surface area contributed by atoms with Gasteiger partial charge in [-0.05, 0) is 43.7 Å². The van der Waals surface area contributed by atoms with Gasteiger partial charge in [-0.2, -0.15) is 5.26 Å². The number of nitriles is 1. The van der Waals surface area contributed by atoms with Crippen LogP contribution in [0.5, 0.6) is 0 Å². The standard InChI is InChI=1S/C17H18ClN3/c1-12(2)21(11-13-5-3-4-6-16(13)20)17-8-7-15(18)9-14(17)10-19/h3-9,12H,11,20H2,1-2H3. The molecule has 108 valence electrons. The van der Waals surface area contributed by atoms with Gasteiger partial charge in [0.15, 0.2) is 0 Å². The third-order valence-corrected chi connectivity index (χ3v) is 3.64. The Morgan fingerprint density at radius 3 is 2.57 bits per heavy atom. The molecule has 0 saturated heterocycles. The van der Waals surface area contributed by atoms with E-state index in [-0.39, 0.29) is 6.04 Å². The molecule has 0 saturated carbocycles. The Kier molecular flexibility index (Phi) is 4.72. The summed E-state index contributed by atoms with van der Waals surface area (Å²) in [6, 6.07) is 15.6. The number of para-hydroxylation sites is 1. The third kappa shape index (κ3) is 3.48. The van der Waals surface area contributed by atoms with Crippen molar-refractivity contribution in [2.75, 3.05) is 10.6 Å². The van der Waals surface area contributed by atoms with Crippen LogP contribution in [0.3, 0.4) is 0 Å². The number of hydrogen-bond acceptors (Lipinski definition) is 3. The van der Waals surface area contributed by atoms with E-state index < -0.39 is 0 Å². The fraction of sp³-hybridized carbons (Fsp3) is 0.235. The second-order valence-electron chi connectivity index (χ2n) is 5.19. The van der Waals surface area contributed by atoms with Crippen molar-refractivity contribution in [3.05, 3.63) is 58.6 Å². The normalized spacial score (nSPS) is 10.4. The summed E-state index contributed by atoms with van der Waals surface area (Å²) >= 11 is 5.98. The summed E-state index contributed by atoms with van der Waals surface area (Å²) in [5, 5.41) is 9.90. The van der Waals surface area contributed by atoms with Crippen molar-refractivity contribution >= 4 is 23.0 Å². The van der Waals surface area contributed by atoms with Gasteiger partial charge < -0.3 is 10.6 Å². The van der Waals surface area contributed by atoms with Crippen molar-refractivity contribution in [1.82, 2.24) is 0 Å². The molecular weight excluding hydrogens is 282 g/mol. The summed E-state index contributed by atoms with van der Waals surface area (Å²) in [6.07, 6.45) is 0. The van der Waals surface area contributed by atoms with Crippen molar-refractivity contribution in [3.8, 4) is 6.07 Å². The van der Waals surface area contributed by atoms with Gasteiger partial charge in [0.05, 0.1) is 11.3 Å². The molecule has 0 aliphatic heterocycles. The highest BCUT2D eigenvalue weighted by Gasteiger charge is 2.16. The van der Waals surface area contributed by atoms with Gasteiger partial charge in [-0.3, -0.25) is 0 Å². The second kappa shape index (κ2) is 6.51. The smallest absolute Gasteiger partial charge is 0.101 e. The lowest BCUT2D eigenvalue weighted by molar-refractivity contribution is 0.682. The van der Waals surface area contributed by atoms with Gasteiger partial charge in [0, 0.05) is 23.3 Å². The highest BCUT2D eigenvalue weighted by atomic mass is 35.5. The first-order valence-electron chi connectivity index (χ1n) is 6.82. The molecule has 0 fully saturated rings. The molecule has 0 spiro atoms. The predicted octanol–water partition coefficient (Wildman–Crippen LogP) is 4.21. The topological polar surface area (TPSA) is 53.0 Å². The number of rotatable bonds is 4. The fourth-order valence-electron chi connectivity index (χ4n) is 2.26. The van der Waals surface area contributed by atoms with Crippen LogP contribution in [0.25, 0.3) is 0 Å². The summed E-state index contributed by atoms with van der Waals surface area (Å²) in [5.74, 6) is 0. The molecule has 2 rings (SSSR count). The number of anilines is 2. The highest BCUT2D eigenvalue weighted by Crippen LogP contribution is 2.28. The number of nitrogens with two attached hydrogens (primary N) is 1. The molecule has 0 aliphatic rings. The van der Waals surface area contributed by atoms with Crippen LogP contribution < -0.4 is 10.6 Å². The van der Waals surface area contributed by atoms with E-state index in [1.807, 2.05) is 36.4 Å². The van der Waals surface area contributed by atoms with Crippen LogP contribution in [-0.4, -0.2) is 6.04 Å². The van der Waals surface area contributed by atoms with Crippen molar-refractivity contribution in [1.29, 1.82) is 5.26 Å². The average molecular weight is 300 g/mol. The highest BCUT2D eigenvalue weighted by molar-refractivity contribution is 6.30. The lowest BCUT2D eigenvalue weighted by atomic mass is 10.1. The first-order valence-corrected chi connectivity index (χ1v) is 7.20. The van der Waals surface area contributed by atoms with Crippen molar-refractivity contribution in [2.45, 2.75) is 26.4 Å². The summed E-state index contributed by atoms with van der Waals surface area (Å²) in [4.78, 5) is 2.15. The zero-order valence-electron chi connectivity index (χ0n) is 12.2. The van der Waals surface area contributed by atoms with Gasteiger partial charge in [0.25, 0.3) is 0 Å². The van der Waals surface area contributed by atoms with Crippen molar-refractivity contribution in [2.24, 2.45) is 0 Å². The maximum atomic E-state index is 9.33. The van der Waals surface area contributed by atoms with Crippen molar-refractivity contribution in [3.63, 3.8) is 0 Å². The SMILES string of the molecule is CC(C)N(Cc1ccccc1N)c1ccc(Cl)cc1C#N. The van der Waals surface area contributed by atoms with Crippen LogP contribution in [0, 0.1) is 11.3 Å². The van der Waals surface area contributed by atoms with Gasteiger partial charge in [-0.15, -0.1) is 0 Å². The molecule has 2 N–H and O–H groups in total. The second-order valence-corrected chi connectivity index (χ2v) is 5.63. The van der Waals surface area contributed by atoms with E-state index in [0.29, 0.717) is 17.1 Å². The minimum absolute atomic E-state index is 0.234. The average Bonchev–Trinajstić information content (AvgIpc) is 2.46. The lowest BCUT2D eigenvalue weighted by Gasteiger charge is -2.30. The number of nitrogen functional groups attached to an aromatic ring is 1. The van der Waals surface area contributed by atoms with E-state index in [1.165, 1.54) is 0 Å². The molecule has 0 heterocycles. The Balaban J connectivity index is 2.41. The first-order chi connectivity index (χ1) is 10.0. The van der Waals surface area contributed by atoms with Crippen molar-refractivity contribution < 1.29 is 0 Å². The molecule has 0 aliphatic carbocycles. The number of benzene rings is 2. The van der Waals surface area contributed by atoms with Crippen LogP contribution in [0.15, 0.2) is 42.5 Å². The molecule has 0 unspecified atom stereocenters. The molecule has 4 heteroatoms. The molecule has 0 amide bonds. The Labute approximate surface area is 130 Å². The van der Waals surface area contributed by atoms with E-state index >= 15 is 0 Å². The summed E-state index contributed by atoms with van der Waals surface area (Å²) in [7, 11) is 0. The zero-order chi connectivity index (χ0) is 15.4. The van der Waals surface area contributed by atoms with E-state index in [0.717, 1.165) is 16.9 Å². The van der Waals surface area contributed by atoms with Gasteiger partial charge in [0.2, 0.25) is 0 Å². The van der Waals surface area contributed by atoms with Crippen LogP contribution in [0.4, 0.5) is 11.4 Å². The lowest BCUT2D eigenvalue weighted by Crippen LogP contribution is -2.31. The monoisotopic (exact) mass is 299 g/mol. The van der Waals surface area contributed by atoms with Crippen LogP contribution in [0.1, 0.15) is 25.0 Å². The predicted molar refractivity (Wildman–Crippen MR) is 88.3 cm³/mol.